The fraction of sp³-hybridized carbons (Fsp3) is 0.619. The molecule has 5 heteroatoms. The average Bonchev–Trinajstić information content (AvgIpc) is 2.60. The van der Waals surface area contributed by atoms with Crippen LogP contribution in [0.5, 0.6) is 0 Å². The van der Waals surface area contributed by atoms with Gasteiger partial charge in [0.2, 0.25) is 5.91 Å². The van der Waals surface area contributed by atoms with Crippen molar-refractivity contribution in [3.05, 3.63) is 35.4 Å². The molecule has 2 aliphatic rings. The second kappa shape index (κ2) is 7.78. The number of rotatable bonds is 5. The molecule has 0 atom stereocenters. The Morgan fingerprint density at radius 1 is 1.08 bits per heavy atom. The van der Waals surface area contributed by atoms with E-state index in [2.05, 4.69) is 17.9 Å². The third kappa shape index (κ3) is 3.78. The molecule has 1 aromatic carbocycles. The van der Waals surface area contributed by atoms with E-state index < -0.39 is 0 Å². The van der Waals surface area contributed by atoms with Gasteiger partial charge < -0.3 is 14.7 Å². The molecule has 0 bridgehead atoms. The number of carbonyl (C=O) groups is 2. The summed E-state index contributed by atoms with van der Waals surface area (Å²) in [7, 11) is 4.05. The molecule has 0 N–H and O–H groups in total. The number of carbonyl (C=O) groups excluding carboxylic acids is 2. The van der Waals surface area contributed by atoms with Crippen LogP contribution in [-0.4, -0.2) is 66.8 Å². The summed E-state index contributed by atoms with van der Waals surface area (Å²) in [6, 6.07) is 7.88. The lowest BCUT2D eigenvalue weighted by Gasteiger charge is -2.45. The zero-order chi connectivity index (χ0) is 18.7. The first-order valence-electron chi connectivity index (χ1n) is 9.77. The van der Waals surface area contributed by atoms with Crippen LogP contribution in [0.1, 0.15) is 48.5 Å². The van der Waals surface area contributed by atoms with Crippen molar-refractivity contribution in [2.24, 2.45) is 5.41 Å². The van der Waals surface area contributed by atoms with Crippen molar-refractivity contribution in [1.82, 2.24) is 14.7 Å². The van der Waals surface area contributed by atoms with Crippen LogP contribution in [0.2, 0.25) is 0 Å². The van der Waals surface area contributed by atoms with Gasteiger partial charge in [0.15, 0.2) is 0 Å². The molecule has 3 rings (SSSR count). The molecular weight excluding hydrogens is 326 g/mol. The Bertz CT molecular complexity index is 653. The van der Waals surface area contributed by atoms with Gasteiger partial charge in [0.25, 0.3) is 5.91 Å². The maximum absolute atomic E-state index is 12.8. The van der Waals surface area contributed by atoms with Gasteiger partial charge in [-0.15, -0.1) is 0 Å². The molecule has 1 saturated heterocycles. The molecule has 2 amide bonds. The van der Waals surface area contributed by atoms with Crippen molar-refractivity contribution >= 4 is 11.8 Å². The smallest absolute Gasteiger partial charge is 0.253 e. The lowest BCUT2D eigenvalue weighted by Crippen LogP contribution is -2.55. The van der Waals surface area contributed by atoms with Gasteiger partial charge in [-0.2, -0.15) is 0 Å². The first-order chi connectivity index (χ1) is 12.4. The fourth-order valence-corrected chi connectivity index (χ4v) is 4.12. The predicted octanol–water partition coefficient (Wildman–Crippen LogP) is 2.61. The fourth-order valence-electron chi connectivity index (χ4n) is 4.12. The molecular formula is C21H31N3O2. The van der Waals surface area contributed by atoms with E-state index in [1.807, 2.05) is 42.1 Å². The van der Waals surface area contributed by atoms with E-state index in [0.717, 1.165) is 36.9 Å². The van der Waals surface area contributed by atoms with E-state index in [9.17, 15) is 9.59 Å². The summed E-state index contributed by atoms with van der Waals surface area (Å²) in [5.74, 6) is 0.387. The normalized spacial score (nSPS) is 19.4. The van der Waals surface area contributed by atoms with E-state index >= 15 is 0 Å². The van der Waals surface area contributed by atoms with Gasteiger partial charge >= 0.3 is 0 Å². The van der Waals surface area contributed by atoms with Crippen LogP contribution in [-0.2, 0) is 11.3 Å². The first kappa shape index (κ1) is 18.9. The van der Waals surface area contributed by atoms with Gasteiger partial charge in [-0.1, -0.05) is 25.5 Å². The summed E-state index contributed by atoms with van der Waals surface area (Å²) in [6.45, 7) is 5.51. The van der Waals surface area contributed by atoms with Crippen LogP contribution >= 0.6 is 0 Å². The standard InChI is InChI=1S/C21H31N3O2/c1-4-21(9-6-10-21)20(26)24-13-11-23(12-14-24)19(25)18-8-5-7-17(15-18)16-22(2)3/h5,7-8,15H,4,6,9-14,16H2,1-3H3. The molecule has 0 aromatic heterocycles. The highest BCUT2D eigenvalue weighted by Crippen LogP contribution is 2.45. The monoisotopic (exact) mass is 357 g/mol. The first-order valence-corrected chi connectivity index (χ1v) is 9.77. The minimum Gasteiger partial charge on any atom is -0.339 e. The third-order valence-electron chi connectivity index (χ3n) is 5.97. The Labute approximate surface area is 156 Å². The molecule has 26 heavy (non-hydrogen) atoms. The molecule has 0 unspecified atom stereocenters. The Morgan fingerprint density at radius 3 is 2.27 bits per heavy atom. The predicted molar refractivity (Wildman–Crippen MR) is 103 cm³/mol. The van der Waals surface area contributed by atoms with Crippen LogP contribution in [0.3, 0.4) is 0 Å². The second-order valence-corrected chi connectivity index (χ2v) is 8.01. The van der Waals surface area contributed by atoms with Gasteiger partial charge in [-0.05, 0) is 51.1 Å². The largest absolute Gasteiger partial charge is 0.339 e. The molecule has 0 radical (unpaired) electrons. The number of nitrogens with zero attached hydrogens (tertiary/aromatic N) is 3. The van der Waals surface area contributed by atoms with E-state index in [4.69, 9.17) is 0 Å². The number of benzene rings is 1. The van der Waals surface area contributed by atoms with Crippen LogP contribution < -0.4 is 0 Å². The highest BCUT2D eigenvalue weighted by atomic mass is 16.2. The zero-order valence-corrected chi connectivity index (χ0v) is 16.3. The molecule has 0 spiro atoms. The van der Waals surface area contributed by atoms with Crippen molar-refractivity contribution in [2.75, 3.05) is 40.3 Å². The van der Waals surface area contributed by atoms with Crippen molar-refractivity contribution in [3.63, 3.8) is 0 Å². The molecule has 1 heterocycles. The van der Waals surface area contributed by atoms with E-state index in [-0.39, 0.29) is 11.3 Å². The van der Waals surface area contributed by atoms with Crippen molar-refractivity contribution in [3.8, 4) is 0 Å². The Balaban J connectivity index is 1.59. The topological polar surface area (TPSA) is 43.9 Å². The van der Waals surface area contributed by atoms with Crippen molar-refractivity contribution in [2.45, 2.75) is 39.2 Å². The summed E-state index contributed by atoms with van der Waals surface area (Å²) in [5, 5.41) is 0. The molecule has 2 fully saturated rings. The number of amides is 2. The van der Waals surface area contributed by atoms with Gasteiger partial charge in [0.1, 0.15) is 0 Å². The lowest BCUT2D eigenvalue weighted by atomic mass is 9.66. The van der Waals surface area contributed by atoms with E-state index in [1.165, 1.54) is 6.42 Å². The number of piperazine rings is 1. The minimum absolute atomic E-state index is 0.0755. The van der Waals surface area contributed by atoms with E-state index in [1.54, 1.807) is 0 Å². The summed E-state index contributed by atoms with van der Waals surface area (Å²) in [6.07, 6.45) is 4.16. The van der Waals surface area contributed by atoms with Gasteiger partial charge in [0.05, 0.1) is 0 Å². The van der Waals surface area contributed by atoms with Crippen molar-refractivity contribution < 1.29 is 9.59 Å². The summed E-state index contributed by atoms with van der Waals surface area (Å²) in [5.41, 5.74) is 1.78. The van der Waals surface area contributed by atoms with Gasteiger partial charge in [-0.25, -0.2) is 0 Å². The van der Waals surface area contributed by atoms with E-state index in [0.29, 0.717) is 32.1 Å². The quantitative estimate of drug-likeness (QED) is 0.814. The Kier molecular flexibility index (Phi) is 5.66. The third-order valence-corrected chi connectivity index (χ3v) is 5.97. The lowest BCUT2D eigenvalue weighted by molar-refractivity contribution is -0.149. The van der Waals surface area contributed by atoms with Gasteiger partial charge in [0, 0.05) is 43.7 Å². The number of hydrogen-bond acceptors (Lipinski definition) is 3. The Morgan fingerprint density at radius 2 is 1.73 bits per heavy atom. The van der Waals surface area contributed by atoms with Crippen LogP contribution in [0.15, 0.2) is 24.3 Å². The SMILES string of the molecule is CCC1(C(=O)N2CCN(C(=O)c3cccc(CN(C)C)c3)CC2)CCC1. The number of hydrogen-bond donors (Lipinski definition) is 0. The second-order valence-electron chi connectivity index (χ2n) is 8.01. The maximum atomic E-state index is 12.8. The molecule has 1 saturated carbocycles. The highest BCUT2D eigenvalue weighted by molar-refractivity contribution is 5.94. The molecule has 5 nitrogen and oxygen atoms in total. The van der Waals surface area contributed by atoms with Crippen molar-refractivity contribution in [1.29, 1.82) is 0 Å². The van der Waals surface area contributed by atoms with Crippen LogP contribution in [0.4, 0.5) is 0 Å². The minimum atomic E-state index is -0.104. The highest BCUT2D eigenvalue weighted by Gasteiger charge is 2.45. The molecule has 1 aliphatic carbocycles. The average molecular weight is 357 g/mol. The molecule has 1 aliphatic heterocycles. The zero-order valence-electron chi connectivity index (χ0n) is 16.3. The van der Waals surface area contributed by atoms with Crippen LogP contribution in [0.25, 0.3) is 0 Å². The van der Waals surface area contributed by atoms with Gasteiger partial charge in [-0.3, -0.25) is 9.59 Å². The maximum Gasteiger partial charge on any atom is 0.253 e. The molecule has 1 aromatic rings. The van der Waals surface area contributed by atoms with Crippen LogP contribution in [0, 0.1) is 5.41 Å². The summed E-state index contributed by atoms with van der Waals surface area (Å²) >= 11 is 0. The molecule has 142 valence electrons. The summed E-state index contributed by atoms with van der Waals surface area (Å²) < 4.78 is 0. The Hall–Kier alpha value is -1.88. The summed E-state index contributed by atoms with van der Waals surface area (Å²) in [4.78, 5) is 31.7.